The summed E-state index contributed by atoms with van der Waals surface area (Å²) in [6.45, 7) is 8.61. The molecule has 4 bridgehead atoms. The summed E-state index contributed by atoms with van der Waals surface area (Å²) >= 11 is 0. The molecule has 0 aromatic carbocycles. The van der Waals surface area contributed by atoms with E-state index < -0.39 is 0 Å². The van der Waals surface area contributed by atoms with Crippen molar-refractivity contribution >= 4 is 0 Å². The van der Waals surface area contributed by atoms with Crippen LogP contribution >= 0.6 is 0 Å². The lowest BCUT2D eigenvalue weighted by atomic mass is 9.76. The second kappa shape index (κ2) is 4.98. The Morgan fingerprint density at radius 1 is 1.05 bits per heavy atom. The maximum atomic E-state index is 6.34. The molecule has 2 heteroatoms. The molecular formula is C18H31NO. The highest BCUT2D eigenvalue weighted by atomic mass is 16.5. The second-order valence-electron chi connectivity index (χ2n) is 8.55. The maximum Gasteiger partial charge on any atom is 0.0613 e. The predicted molar refractivity (Wildman–Crippen MR) is 81.5 cm³/mol. The van der Waals surface area contributed by atoms with E-state index in [9.17, 15) is 0 Å². The lowest BCUT2D eigenvalue weighted by molar-refractivity contribution is -0.0434. The topological polar surface area (TPSA) is 21.3 Å². The third-order valence-corrected chi connectivity index (χ3v) is 7.07. The summed E-state index contributed by atoms with van der Waals surface area (Å²) in [5.74, 6) is 5.46. The molecular weight excluding hydrogens is 246 g/mol. The van der Waals surface area contributed by atoms with Crippen molar-refractivity contribution in [2.45, 2.75) is 71.1 Å². The molecule has 2 aliphatic carbocycles. The minimum absolute atomic E-state index is 0.586. The standard InChI is InChI=1S/C18H31NO/c1-10(2)15-7-14-8-17(15)18(20-14)4-11(3)16-6-13-5-12(16)9-19-13/h10-19H,4-9H2,1-3H3. The number of piperidine rings is 1. The lowest BCUT2D eigenvalue weighted by Crippen LogP contribution is -2.36. The SMILES string of the molecule is CC(C)C1CC2CC1C(CC(C)C1CC3CC1CN3)O2. The quantitative estimate of drug-likeness (QED) is 0.849. The summed E-state index contributed by atoms with van der Waals surface area (Å²) in [5, 5.41) is 3.65. The predicted octanol–water partition coefficient (Wildman–Crippen LogP) is 3.46. The van der Waals surface area contributed by atoms with Crippen molar-refractivity contribution in [3.63, 3.8) is 0 Å². The van der Waals surface area contributed by atoms with E-state index in [1.165, 1.54) is 38.6 Å². The Labute approximate surface area is 124 Å². The van der Waals surface area contributed by atoms with Gasteiger partial charge in [0.1, 0.15) is 0 Å². The zero-order valence-corrected chi connectivity index (χ0v) is 13.3. The van der Waals surface area contributed by atoms with Crippen molar-refractivity contribution in [1.82, 2.24) is 5.32 Å². The summed E-state index contributed by atoms with van der Waals surface area (Å²) < 4.78 is 6.34. The van der Waals surface area contributed by atoms with E-state index in [0.717, 1.165) is 41.5 Å². The molecule has 2 aliphatic heterocycles. The van der Waals surface area contributed by atoms with Crippen molar-refractivity contribution in [2.75, 3.05) is 6.54 Å². The summed E-state index contributed by atoms with van der Waals surface area (Å²) in [6.07, 6.45) is 8.10. The number of ether oxygens (including phenoxy) is 1. The van der Waals surface area contributed by atoms with Crippen molar-refractivity contribution < 1.29 is 4.74 Å². The maximum absolute atomic E-state index is 6.34. The highest BCUT2D eigenvalue weighted by Gasteiger charge is 2.49. The fourth-order valence-corrected chi connectivity index (χ4v) is 6.05. The number of nitrogens with one attached hydrogen (secondary N) is 1. The smallest absolute Gasteiger partial charge is 0.0613 e. The second-order valence-corrected chi connectivity index (χ2v) is 8.55. The Morgan fingerprint density at radius 3 is 2.50 bits per heavy atom. The Balaban J connectivity index is 1.37. The van der Waals surface area contributed by atoms with Crippen LogP contribution < -0.4 is 5.32 Å². The molecule has 0 amide bonds. The highest BCUT2D eigenvalue weighted by molar-refractivity contribution is 5.00. The molecule has 4 fully saturated rings. The summed E-state index contributed by atoms with van der Waals surface area (Å²) in [7, 11) is 0. The molecule has 4 aliphatic rings. The Kier molecular flexibility index (Phi) is 3.38. The van der Waals surface area contributed by atoms with Gasteiger partial charge in [0, 0.05) is 6.04 Å². The first-order valence-corrected chi connectivity index (χ1v) is 9.00. The first-order chi connectivity index (χ1) is 9.61. The molecule has 0 aromatic heterocycles. The van der Waals surface area contributed by atoms with Crippen LogP contribution in [0.15, 0.2) is 0 Å². The Morgan fingerprint density at radius 2 is 1.90 bits per heavy atom. The van der Waals surface area contributed by atoms with Crippen molar-refractivity contribution in [1.29, 1.82) is 0 Å². The van der Waals surface area contributed by atoms with Crippen molar-refractivity contribution in [3.8, 4) is 0 Å². The van der Waals surface area contributed by atoms with Crippen LogP contribution in [0.1, 0.15) is 52.9 Å². The zero-order chi connectivity index (χ0) is 13.9. The number of fused-ring (bicyclic) bond motifs is 4. The molecule has 114 valence electrons. The largest absolute Gasteiger partial charge is 0.375 e. The fourth-order valence-electron chi connectivity index (χ4n) is 6.05. The van der Waals surface area contributed by atoms with E-state index >= 15 is 0 Å². The van der Waals surface area contributed by atoms with Crippen LogP contribution in [-0.4, -0.2) is 24.8 Å². The van der Waals surface area contributed by atoms with Crippen LogP contribution in [0.2, 0.25) is 0 Å². The van der Waals surface area contributed by atoms with Gasteiger partial charge in [-0.3, -0.25) is 0 Å². The van der Waals surface area contributed by atoms with E-state index in [-0.39, 0.29) is 0 Å². The molecule has 2 saturated carbocycles. The molecule has 2 nitrogen and oxygen atoms in total. The molecule has 4 rings (SSSR count). The van der Waals surface area contributed by atoms with Gasteiger partial charge in [0.05, 0.1) is 12.2 Å². The van der Waals surface area contributed by atoms with Gasteiger partial charge in [-0.2, -0.15) is 0 Å². The van der Waals surface area contributed by atoms with Crippen LogP contribution in [-0.2, 0) is 4.74 Å². The van der Waals surface area contributed by atoms with Gasteiger partial charge in [-0.25, -0.2) is 0 Å². The third-order valence-electron chi connectivity index (χ3n) is 7.07. The van der Waals surface area contributed by atoms with Crippen LogP contribution in [0.3, 0.4) is 0 Å². The molecule has 0 aromatic rings. The van der Waals surface area contributed by atoms with Crippen LogP contribution in [0.5, 0.6) is 0 Å². The summed E-state index contributed by atoms with van der Waals surface area (Å²) in [4.78, 5) is 0. The average Bonchev–Trinajstić information content (AvgIpc) is 3.17. The van der Waals surface area contributed by atoms with Crippen LogP contribution in [0.25, 0.3) is 0 Å². The normalized spacial score (nSPS) is 51.3. The molecule has 2 saturated heterocycles. The van der Waals surface area contributed by atoms with Gasteiger partial charge in [0.15, 0.2) is 0 Å². The minimum atomic E-state index is 0.586. The van der Waals surface area contributed by atoms with Crippen molar-refractivity contribution in [3.05, 3.63) is 0 Å². The van der Waals surface area contributed by atoms with Crippen molar-refractivity contribution in [2.24, 2.45) is 35.5 Å². The van der Waals surface area contributed by atoms with E-state index in [1.54, 1.807) is 0 Å². The molecule has 0 spiro atoms. The van der Waals surface area contributed by atoms with Gasteiger partial charge in [0.2, 0.25) is 0 Å². The van der Waals surface area contributed by atoms with E-state index in [1.807, 2.05) is 0 Å². The molecule has 8 unspecified atom stereocenters. The Bertz CT molecular complexity index is 368. The monoisotopic (exact) mass is 277 g/mol. The summed E-state index contributed by atoms with van der Waals surface area (Å²) in [6, 6.07) is 0.844. The zero-order valence-electron chi connectivity index (χ0n) is 13.3. The molecule has 0 radical (unpaired) electrons. The van der Waals surface area contributed by atoms with E-state index in [2.05, 4.69) is 26.1 Å². The van der Waals surface area contributed by atoms with Gasteiger partial charge < -0.3 is 10.1 Å². The highest BCUT2D eigenvalue weighted by Crippen LogP contribution is 2.50. The lowest BCUT2D eigenvalue weighted by Gasteiger charge is -2.36. The minimum Gasteiger partial charge on any atom is -0.375 e. The molecule has 8 atom stereocenters. The van der Waals surface area contributed by atoms with Gasteiger partial charge in [-0.15, -0.1) is 0 Å². The molecule has 2 heterocycles. The van der Waals surface area contributed by atoms with E-state index in [4.69, 9.17) is 4.74 Å². The van der Waals surface area contributed by atoms with Gasteiger partial charge >= 0.3 is 0 Å². The molecule has 20 heavy (non-hydrogen) atoms. The number of hydrogen-bond donors (Lipinski definition) is 1. The Hall–Kier alpha value is -0.0800. The van der Waals surface area contributed by atoms with Gasteiger partial charge in [-0.1, -0.05) is 20.8 Å². The van der Waals surface area contributed by atoms with Gasteiger partial charge in [0.25, 0.3) is 0 Å². The fraction of sp³-hybridized carbons (Fsp3) is 1.00. The van der Waals surface area contributed by atoms with Gasteiger partial charge in [-0.05, 0) is 74.2 Å². The number of rotatable bonds is 4. The first kappa shape index (κ1) is 13.6. The third kappa shape index (κ3) is 2.14. The molecule has 1 N–H and O–H groups in total. The first-order valence-electron chi connectivity index (χ1n) is 9.00. The van der Waals surface area contributed by atoms with Crippen LogP contribution in [0.4, 0.5) is 0 Å². The average molecular weight is 277 g/mol. The number of hydrogen-bond acceptors (Lipinski definition) is 2. The van der Waals surface area contributed by atoms with E-state index in [0.29, 0.717) is 12.2 Å². The van der Waals surface area contributed by atoms with Crippen LogP contribution in [0, 0.1) is 35.5 Å². The summed E-state index contributed by atoms with van der Waals surface area (Å²) in [5.41, 5.74) is 0.